The summed E-state index contributed by atoms with van der Waals surface area (Å²) in [7, 11) is 0. The van der Waals surface area contributed by atoms with Crippen molar-refractivity contribution in [2.24, 2.45) is 0 Å². The second-order valence-electron chi connectivity index (χ2n) is 4.57. The van der Waals surface area contributed by atoms with E-state index >= 15 is 0 Å². The highest BCUT2D eigenvalue weighted by Crippen LogP contribution is 2.28. The highest BCUT2D eigenvalue weighted by Gasteiger charge is 2.13. The normalized spacial score (nSPS) is 10.7. The molecule has 0 fully saturated rings. The maximum atomic E-state index is 9.85. The molecule has 1 aromatic carbocycles. The van der Waals surface area contributed by atoms with Crippen molar-refractivity contribution < 1.29 is 9.63 Å². The molecular formula is C15H13N3O2. The van der Waals surface area contributed by atoms with Gasteiger partial charge in [0.25, 0.3) is 5.89 Å². The van der Waals surface area contributed by atoms with Crippen molar-refractivity contribution in [2.45, 2.75) is 13.3 Å². The summed E-state index contributed by atoms with van der Waals surface area (Å²) < 4.78 is 5.22. The van der Waals surface area contributed by atoms with Crippen LogP contribution in [0.1, 0.15) is 17.0 Å². The van der Waals surface area contributed by atoms with Crippen molar-refractivity contribution >= 4 is 0 Å². The predicted molar refractivity (Wildman–Crippen MR) is 73.2 cm³/mol. The lowest BCUT2D eigenvalue weighted by molar-refractivity contribution is 0.418. The lowest BCUT2D eigenvalue weighted by atomic mass is 10.1. The third-order valence-corrected chi connectivity index (χ3v) is 2.94. The van der Waals surface area contributed by atoms with Gasteiger partial charge in [-0.1, -0.05) is 22.9 Å². The number of phenols is 1. The summed E-state index contributed by atoms with van der Waals surface area (Å²) in [5.74, 6) is 1.02. The minimum absolute atomic E-state index is 0.132. The van der Waals surface area contributed by atoms with Gasteiger partial charge in [-0.05, 0) is 30.7 Å². The maximum absolute atomic E-state index is 9.85. The van der Waals surface area contributed by atoms with Crippen LogP contribution in [0.4, 0.5) is 0 Å². The number of pyridine rings is 1. The molecule has 0 aliphatic rings. The molecule has 100 valence electrons. The van der Waals surface area contributed by atoms with Crippen LogP contribution < -0.4 is 0 Å². The number of rotatable bonds is 3. The average Bonchev–Trinajstić information content (AvgIpc) is 2.91. The summed E-state index contributed by atoms with van der Waals surface area (Å²) in [6.07, 6.45) is 4.03. The first-order chi connectivity index (χ1) is 9.72. The van der Waals surface area contributed by atoms with Gasteiger partial charge >= 0.3 is 0 Å². The average molecular weight is 267 g/mol. The molecule has 0 amide bonds. The number of nitrogens with zero attached hydrogens (tertiary/aromatic N) is 3. The van der Waals surface area contributed by atoms with Crippen LogP contribution >= 0.6 is 0 Å². The van der Waals surface area contributed by atoms with E-state index in [0.29, 0.717) is 23.7 Å². The lowest BCUT2D eigenvalue weighted by Gasteiger charge is -2.00. The van der Waals surface area contributed by atoms with E-state index in [2.05, 4.69) is 15.1 Å². The molecule has 0 atom stereocenters. The fraction of sp³-hybridized carbons (Fsp3) is 0.133. The van der Waals surface area contributed by atoms with Crippen molar-refractivity contribution in [3.8, 4) is 17.2 Å². The van der Waals surface area contributed by atoms with Gasteiger partial charge in [-0.25, -0.2) is 0 Å². The first kappa shape index (κ1) is 12.3. The monoisotopic (exact) mass is 267 g/mol. The zero-order valence-electron chi connectivity index (χ0n) is 10.9. The maximum Gasteiger partial charge on any atom is 0.261 e. The van der Waals surface area contributed by atoms with Gasteiger partial charge < -0.3 is 9.63 Å². The first-order valence-corrected chi connectivity index (χ1v) is 6.24. The Morgan fingerprint density at radius 1 is 1.25 bits per heavy atom. The zero-order chi connectivity index (χ0) is 13.9. The topological polar surface area (TPSA) is 72.0 Å². The van der Waals surface area contributed by atoms with E-state index < -0.39 is 0 Å². The van der Waals surface area contributed by atoms with Gasteiger partial charge in [0.05, 0.1) is 5.56 Å². The van der Waals surface area contributed by atoms with E-state index in [-0.39, 0.29) is 5.75 Å². The zero-order valence-corrected chi connectivity index (χ0v) is 10.9. The van der Waals surface area contributed by atoms with E-state index in [4.69, 9.17) is 4.52 Å². The second kappa shape index (κ2) is 5.13. The quantitative estimate of drug-likeness (QED) is 0.790. The Hall–Kier alpha value is -2.69. The number of hydrogen-bond donors (Lipinski definition) is 1. The van der Waals surface area contributed by atoms with Crippen LogP contribution in [-0.4, -0.2) is 20.2 Å². The van der Waals surface area contributed by atoms with Crippen LogP contribution in [0.25, 0.3) is 11.5 Å². The minimum Gasteiger partial charge on any atom is -0.507 e. The molecule has 2 aromatic heterocycles. The molecular weight excluding hydrogens is 254 g/mol. The summed E-state index contributed by atoms with van der Waals surface area (Å²) in [6, 6.07) is 9.08. The molecule has 0 spiro atoms. The third kappa shape index (κ3) is 2.51. The summed E-state index contributed by atoms with van der Waals surface area (Å²) >= 11 is 0. The van der Waals surface area contributed by atoms with E-state index in [1.807, 2.05) is 31.2 Å². The van der Waals surface area contributed by atoms with Crippen LogP contribution in [0.2, 0.25) is 0 Å². The molecule has 3 rings (SSSR count). The molecule has 5 nitrogen and oxygen atoms in total. The Labute approximate surface area is 115 Å². The van der Waals surface area contributed by atoms with E-state index in [1.54, 1.807) is 18.5 Å². The summed E-state index contributed by atoms with van der Waals surface area (Å²) in [5, 5.41) is 13.8. The third-order valence-electron chi connectivity index (χ3n) is 2.94. The van der Waals surface area contributed by atoms with Gasteiger partial charge in [-0.2, -0.15) is 4.98 Å². The number of aromatic hydroxyl groups is 1. The van der Waals surface area contributed by atoms with Gasteiger partial charge in [0.1, 0.15) is 5.75 Å². The van der Waals surface area contributed by atoms with Gasteiger partial charge in [-0.3, -0.25) is 4.98 Å². The summed E-state index contributed by atoms with van der Waals surface area (Å²) in [4.78, 5) is 8.36. The van der Waals surface area contributed by atoms with Crippen LogP contribution in [0.5, 0.6) is 5.75 Å². The molecule has 0 unspecified atom stereocenters. The van der Waals surface area contributed by atoms with Gasteiger partial charge in [0.15, 0.2) is 5.82 Å². The number of aryl methyl sites for hydroxylation is 1. The van der Waals surface area contributed by atoms with Crippen molar-refractivity contribution in [1.29, 1.82) is 0 Å². The highest BCUT2D eigenvalue weighted by molar-refractivity contribution is 5.63. The van der Waals surface area contributed by atoms with Crippen LogP contribution in [-0.2, 0) is 6.42 Å². The van der Waals surface area contributed by atoms with Gasteiger partial charge in [0.2, 0.25) is 0 Å². The Balaban J connectivity index is 1.88. The van der Waals surface area contributed by atoms with Crippen molar-refractivity contribution in [3.63, 3.8) is 0 Å². The molecule has 0 aliphatic heterocycles. The van der Waals surface area contributed by atoms with Crippen LogP contribution in [0.15, 0.2) is 47.2 Å². The van der Waals surface area contributed by atoms with Crippen molar-refractivity contribution in [2.75, 3.05) is 0 Å². The number of hydrogen-bond acceptors (Lipinski definition) is 5. The summed E-state index contributed by atoms with van der Waals surface area (Å²) in [6.45, 7) is 1.94. The Bertz CT molecular complexity index is 723. The van der Waals surface area contributed by atoms with Crippen LogP contribution in [0.3, 0.4) is 0 Å². The molecule has 20 heavy (non-hydrogen) atoms. The molecule has 5 heteroatoms. The molecule has 0 bridgehead atoms. The second-order valence-corrected chi connectivity index (χ2v) is 4.57. The molecule has 1 N–H and O–H groups in total. The van der Waals surface area contributed by atoms with Gasteiger partial charge in [-0.15, -0.1) is 0 Å². The lowest BCUT2D eigenvalue weighted by Crippen LogP contribution is -1.91. The van der Waals surface area contributed by atoms with Crippen molar-refractivity contribution in [3.05, 3.63) is 59.7 Å². The fourth-order valence-electron chi connectivity index (χ4n) is 1.94. The number of aromatic nitrogens is 3. The number of benzene rings is 1. The smallest absolute Gasteiger partial charge is 0.261 e. The molecule has 0 aliphatic carbocycles. The molecule has 0 radical (unpaired) electrons. The van der Waals surface area contributed by atoms with E-state index in [1.165, 1.54) is 0 Å². The van der Waals surface area contributed by atoms with Crippen LogP contribution in [0, 0.1) is 6.92 Å². The Kier molecular flexibility index (Phi) is 3.16. The molecule has 0 saturated heterocycles. The predicted octanol–water partition coefficient (Wildman–Crippen LogP) is 2.74. The minimum atomic E-state index is 0.132. The van der Waals surface area contributed by atoms with Crippen molar-refractivity contribution in [1.82, 2.24) is 15.1 Å². The fourth-order valence-corrected chi connectivity index (χ4v) is 1.94. The Morgan fingerprint density at radius 3 is 2.95 bits per heavy atom. The SMILES string of the molecule is Cc1ccc(O)c(-c2nc(Cc3cccnc3)no2)c1. The molecule has 3 aromatic rings. The largest absolute Gasteiger partial charge is 0.507 e. The molecule has 2 heterocycles. The summed E-state index contributed by atoms with van der Waals surface area (Å²) in [5.41, 5.74) is 2.58. The first-order valence-electron chi connectivity index (χ1n) is 6.24. The highest BCUT2D eigenvalue weighted by atomic mass is 16.5. The number of phenolic OH excluding ortho intramolecular Hbond substituents is 1. The van der Waals surface area contributed by atoms with Gasteiger partial charge in [0, 0.05) is 18.8 Å². The van der Waals surface area contributed by atoms with E-state index in [0.717, 1.165) is 11.1 Å². The molecule has 0 saturated carbocycles. The van der Waals surface area contributed by atoms with E-state index in [9.17, 15) is 5.11 Å². The Morgan fingerprint density at radius 2 is 2.15 bits per heavy atom. The standard InChI is InChI=1S/C15H13N3O2/c1-10-4-5-13(19)12(7-10)15-17-14(18-20-15)8-11-3-2-6-16-9-11/h2-7,9,19H,8H2,1H3.